The van der Waals surface area contributed by atoms with Crippen LogP contribution in [0.5, 0.6) is 0 Å². The molecule has 0 saturated heterocycles. The van der Waals surface area contributed by atoms with Crippen molar-refractivity contribution in [2.24, 2.45) is 0 Å². The lowest BCUT2D eigenvalue weighted by atomic mass is 10.0. The predicted molar refractivity (Wildman–Crippen MR) is 167 cm³/mol. The first-order chi connectivity index (χ1) is 21.5. The molecule has 0 fully saturated rings. The van der Waals surface area contributed by atoms with Gasteiger partial charge in [0.25, 0.3) is 11.8 Å². The maximum Gasteiger partial charge on any atom is 0.261 e. The number of carbonyl (C=O) groups is 2. The summed E-state index contributed by atoms with van der Waals surface area (Å²) in [5.41, 5.74) is 4.19. The fourth-order valence-corrected chi connectivity index (χ4v) is 5.81. The SMILES string of the molecule is N#Cc1ccc(Cn2cncc2Cc2c(F)cccc2C(=O)Nc2ccc3sc(C(=O)NCc4cccnc4)cc3c2)cc1. The van der Waals surface area contributed by atoms with Crippen LogP contribution in [0.2, 0.25) is 0 Å². The summed E-state index contributed by atoms with van der Waals surface area (Å²) in [5.74, 6) is -1.12. The maximum atomic E-state index is 15.2. The van der Waals surface area contributed by atoms with E-state index < -0.39 is 11.7 Å². The van der Waals surface area contributed by atoms with E-state index in [1.165, 1.54) is 23.5 Å². The number of hydrogen-bond donors (Lipinski definition) is 2. The van der Waals surface area contributed by atoms with Gasteiger partial charge in [-0.1, -0.05) is 24.3 Å². The fraction of sp³-hybridized carbons (Fsp3) is 0.0882. The van der Waals surface area contributed by atoms with Gasteiger partial charge in [0, 0.05) is 65.3 Å². The van der Waals surface area contributed by atoms with E-state index >= 15 is 4.39 Å². The van der Waals surface area contributed by atoms with Crippen LogP contribution in [-0.4, -0.2) is 26.3 Å². The summed E-state index contributed by atoms with van der Waals surface area (Å²) in [4.78, 5) is 35.0. The molecule has 3 heterocycles. The van der Waals surface area contributed by atoms with Crippen molar-refractivity contribution in [3.63, 3.8) is 0 Å². The number of fused-ring (bicyclic) bond motifs is 1. The van der Waals surface area contributed by atoms with Crippen molar-refractivity contribution >= 4 is 38.9 Å². The van der Waals surface area contributed by atoms with Crippen molar-refractivity contribution in [1.82, 2.24) is 19.9 Å². The number of anilines is 1. The van der Waals surface area contributed by atoms with Crippen molar-refractivity contribution in [2.75, 3.05) is 5.32 Å². The van der Waals surface area contributed by atoms with Crippen LogP contribution in [0, 0.1) is 17.1 Å². The van der Waals surface area contributed by atoms with Gasteiger partial charge in [-0.05, 0) is 71.1 Å². The van der Waals surface area contributed by atoms with Gasteiger partial charge < -0.3 is 15.2 Å². The zero-order chi connectivity index (χ0) is 30.5. The van der Waals surface area contributed by atoms with E-state index in [4.69, 9.17) is 5.26 Å². The Hall–Kier alpha value is -5.66. The van der Waals surface area contributed by atoms with Gasteiger partial charge in [0.1, 0.15) is 5.82 Å². The van der Waals surface area contributed by atoms with Crippen LogP contribution in [-0.2, 0) is 19.5 Å². The first-order valence-electron chi connectivity index (χ1n) is 13.7. The van der Waals surface area contributed by atoms with E-state index in [1.807, 2.05) is 34.9 Å². The Labute approximate surface area is 256 Å². The van der Waals surface area contributed by atoms with Gasteiger partial charge in [0.2, 0.25) is 0 Å². The minimum Gasteiger partial charge on any atom is -0.347 e. The second-order valence-corrected chi connectivity index (χ2v) is 11.2. The summed E-state index contributed by atoms with van der Waals surface area (Å²) in [6, 6.07) is 24.7. The van der Waals surface area contributed by atoms with Crippen molar-refractivity contribution < 1.29 is 14.0 Å². The highest BCUT2D eigenvalue weighted by atomic mass is 32.1. The monoisotopic (exact) mass is 600 g/mol. The lowest BCUT2D eigenvalue weighted by Gasteiger charge is -2.13. The van der Waals surface area contributed by atoms with Crippen LogP contribution in [0.1, 0.15) is 48.0 Å². The number of hydrogen-bond acceptors (Lipinski definition) is 6. The second kappa shape index (κ2) is 12.7. The zero-order valence-electron chi connectivity index (χ0n) is 23.3. The number of nitrogens with zero attached hydrogens (tertiary/aromatic N) is 4. The minimum atomic E-state index is -0.487. The average Bonchev–Trinajstić information content (AvgIpc) is 3.68. The third-order valence-electron chi connectivity index (χ3n) is 7.13. The van der Waals surface area contributed by atoms with Crippen molar-refractivity contribution in [2.45, 2.75) is 19.5 Å². The standard InChI is InChI=1S/C34H25FN6O2S/c35-30-5-1-4-28(29(30)15-27-19-38-21-41(27)20-23-8-6-22(16-36)7-9-23)33(42)40-26-10-11-31-25(13-26)14-32(44-31)34(43)39-18-24-3-2-12-37-17-24/h1-14,17,19,21H,15,18,20H2,(H,39,43)(H,40,42). The molecule has 0 aliphatic carbocycles. The van der Waals surface area contributed by atoms with E-state index in [1.54, 1.807) is 61.3 Å². The third-order valence-corrected chi connectivity index (χ3v) is 8.24. The summed E-state index contributed by atoms with van der Waals surface area (Å²) < 4.78 is 18.0. The van der Waals surface area contributed by atoms with Crippen LogP contribution in [0.25, 0.3) is 10.1 Å². The Morgan fingerprint density at radius 3 is 2.59 bits per heavy atom. The van der Waals surface area contributed by atoms with Crippen LogP contribution < -0.4 is 10.6 Å². The van der Waals surface area contributed by atoms with E-state index in [0.29, 0.717) is 29.2 Å². The first kappa shape index (κ1) is 28.5. The molecule has 44 heavy (non-hydrogen) atoms. The summed E-state index contributed by atoms with van der Waals surface area (Å²) in [6.07, 6.45) is 6.87. The molecular weight excluding hydrogens is 575 g/mol. The second-order valence-electron chi connectivity index (χ2n) is 10.1. The van der Waals surface area contributed by atoms with E-state index in [-0.39, 0.29) is 23.5 Å². The topological polar surface area (TPSA) is 113 Å². The number of thiophene rings is 1. The molecule has 0 bridgehead atoms. The van der Waals surface area contributed by atoms with Gasteiger partial charge in [0.15, 0.2) is 0 Å². The molecule has 0 aliphatic rings. The van der Waals surface area contributed by atoms with Gasteiger partial charge in [-0.25, -0.2) is 9.37 Å². The molecule has 8 nitrogen and oxygen atoms in total. The van der Waals surface area contributed by atoms with Crippen LogP contribution in [0.3, 0.4) is 0 Å². The van der Waals surface area contributed by atoms with Crippen molar-refractivity contribution in [3.8, 4) is 6.07 Å². The summed E-state index contributed by atoms with van der Waals surface area (Å²) in [7, 11) is 0. The molecule has 0 spiro atoms. The molecule has 2 N–H and O–H groups in total. The van der Waals surface area contributed by atoms with Crippen LogP contribution in [0.4, 0.5) is 10.1 Å². The van der Waals surface area contributed by atoms with Crippen molar-refractivity contribution in [3.05, 3.63) is 148 Å². The molecule has 6 rings (SSSR count). The van der Waals surface area contributed by atoms with Gasteiger partial charge >= 0.3 is 0 Å². The average molecular weight is 601 g/mol. The Morgan fingerprint density at radius 2 is 1.80 bits per heavy atom. The number of amides is 2. The third kappa shape index (κ3) is 6.38. The Morgan fingerprint density at radius 1 is 0.932 bits per heavy atom. The van der Waals surface area contributed by atoms with E-state index in [2.05, 4.69) is 26.7 Å². The quantitative estimate of drug-likeness (QED) is 0.202. The molecule has 216 valence electrons. The van der Waals surface area contributed by atoms with Crippen molar-refractivity contribution in [1.29, 1.82) is 5.26 Å². The number of pyridine rings is 1. The summed E-state index contributed by atoms with van der Waals surface area (Å²) in [6.45, 7) is 0.857. The molecular formula is C34H25FN6O2S. The molecule has 0 aliphatic heterocycles. The number of rotatable bonds is 9. The molecule has 0 radical (unpaired) electrons. The Balaban J connectivity index is 1.17. The smallest absolute Gasteiger partial charge is 0.261 e. The number of nitriles is 1. The Bertz CT molecular complexity index is 2010. The van der Waals surface area contributed by atoms with Crippen LogP contribution >= 0.6 is 11.3 Å². The van der Waals surface area contributed by atoms with Crippen LogP contribution in [0.15, 0.2) is 104 Å². The summed E-state index contributed by atoms with van der Waals surface area (Å²) >= 11 is 1.36. The highest BCUT2D eigenvalue weighted by molar-refractivity contribution is 7.20. The number of imidazole rings is 1. The molecule has 3 aromatic carbocycles. The fourth-order valence-electron chi connectivity index (χ4n) is 4.85. The lowest BCUT2D eigenvalue weighted by molar-refractivity contribution is 0.0954. The highest BCUT2D eigenvalue weighted by Crippen LogP contribution is 2.29. The zero-order valence-corrected chi connectivity index (χ0v) is 24.1. The van der Waals surface area contributed by atoms with Gasteiger partial charge in [-0.2, -0.15) is 5.26 Å². The molecule has 0 atom stereocenters. The normalized spacial score (nSPS) is 10.8. The minimum absolute atomic E-state index is 0.160. The largest absolute Gasteiger partial charge is 0.347 e. The number of nitrogens with one attached hydrogen (secondary N) is 2. The van der Waals surface area contributed by atoms with Gasteiger partial charge in [0.05, 0.1) is 22.8 Å². The van der Waals surface area contributed by atoms with E-state index in [0.717, 1.165) is 26.9 Å². The molecule has 6 aromatic rings. The number of aromatic nitrogens is 3. The van der Waals surface area contributed by atoms with Gasteiger partial charge in [-0.3, -0.25) is 14.6 Å². The van der Waals surface area contributed by atoms with Gasteiger partial charge in [-0.15, -0.1) is 11.3 Å². The summed E-state index contributed by atoms with van der Waals surface area (Å²) in [5, 5.41) is 15.7. The Kier molecular flexibility index (Phi) is 8.21. The molecule has 10 heteroatoms. The molecule has 2 amide bonds. The number of benzene rings is 3. The first-order valence-corrected chi connectivity index (χ1v) is 14.6. The number of halogens is 1. The molecule has 3 aromatic heterocycles. The predicted octanol–water partition coefficient (Wildman–Crippen LogP) is 6.32. The van der Waals surface area contributed by atoms with E-state index in [9.17, 15) is 9.59 Å². The maximum absolute atomic E-state index is 15.2. The number of carbonyl (C=O) groups excluding carboxylic acids is 2. The molecule has 0 unspecified atom stereocenters. The molecule has 0 saturated carbocycles. The lowest BCUT2D eigenvalue weighted by Crippen LogP contribution is -2.21. The highest BCUT2D eigenvalue weighted by Gasteiger charge is 2.18.